The van der Waals surface area contributed by atoms with Gasteiger partial charge in [0.05, 0.1) is 10.6 Å². The molecule has 1 heterocycles. The Bertz CT molecular complexity index is 571. The minimum atomic E-state index is 0.461. The largest absolute Gasteiger partial charge is 0.421 e. The summed E-state index contributed by atoms with van der Waals surface area (Å²) in [5.41, 5.74) is 0.750. The molecule has 0 aliphatic carbocycles. The van der Waals surface area contributed by atoms with Crippen molar-refractivity contribution in [3.8, 4) is 11.5 Å². The average molecular weight is 359 g/mol. The summed E-state index contributed by atoms with van der Waals surface area (Å²) in [6, 6.07) is 6.13. The number of aromatic nitrogens is 2. The van der Waals surface area contributed by atoms with Gasteiger partial charge in [0, 0.05) is 16.9 Å². The average Bonchev–Trinajstić information content (AvgIpc) is 2.86. The molecule has 1 aromatic heterocycles. The van der Waals surface area contributed by atoms with Gasteiger partial charge in [-0.1, -0.05) is 31.5 Å². The van der Waals surface area contributed by atoms with Crippen LogP contribution in [0.4, 0.5) is 0 Å². The zero-order valence-corrected chi connectivity index (χ0v) is 13.8. The fourth-order valence-electron chi connectivity index (χ4n) is 1.76. The molecule has 108 valence electrons. The summed E-state index contributed by atoms with van der Waals surface area (Å²) in [5, 5.41) is 12.1. The monoisotopic (exact) mass is 357 g/mol. The minimum Gasteiger partial charge on any atom is -0.421 e. The summed E-state index contributed by atoms with van der Waals surface area (Å²) in [4.78, 5) is 0. The molecule has 0 atom stereocenters. The first-order valence-corrected chi connectivity index (χ1v) is 7.75. The van der Waals surface area contributed by atoms with E-state index in [9.17, 15) is 0 Å². The molecule has 1 N–H and O–H groups in total. The van der Waals surface area contributed by atoms with Crippen molar-refractivity contribution in [2.45, 2.75) is 32.7 Å². The maximum absolute atomic E-state index is 6.21. The predicted octanol–water partition coefficient (Wildman–Crippen LogP) is 4.08. The zero-order chi connectivity index (χ0) is 14.5. The topological polar surface area (TPSA) is 51.0 Å². The van der Waals surface area contributed by atoms with Crippen LogP contribution in [-0.4, -0.2) is 22.8 Å². The molecule has 0 saturated heterocycles. The molecular formula is C14H17BrClN3O. The smallest absolute Gasteiger partial charge is 0.249 e. The van der Waals surface area contributed by atoms with Gasteiger partial charge in [-0.2, -0.15) is 0 Å². The summed E-state index contributed by atoms with van der Waals surface area (Å²) in [5.74, 6) is 1.10. The summed E-state index contributed by atoms with van der Waals surface area (Å²) in [6.07, 6.45) is 1.73. The molecule has 0 aliphatic heterocycles. The van der Waals surface area contributed by atoms with Crippen LogP contribution in [0.5, 0.6) is 0 Å². The molecule has 1 aromatic carbocycles. The van der Waals surface area contributed by atoms with Crippen LogP contribution in [0.2, 0.25) is 5.02 Å². The second-order valence-electron chi connectivity index (χ2n) is 4.81. The Morgan fingerprint density at radius 2 is 2.15 bits per heavy atom. The first-order chi connectivity index (χ1) is 9.58. The number of benzene rings is 1. The van der Waals surface area contributed by atoms with Crippen LogP contribution in [0.15, 0.2) is 27.1 Å². The Labute approximate surface area is 132 Å². The SMILES string of the molecule is CC(C)NCCCc1nnc(-c2cccc(Br)c2Cl)o1. The van der Waals surface area contributed by atoms with Gasteiger partial charge in [0.25, 0.3) is 0 Å². The quantitative estimate of drug-likeness (QED) is 0.790. The maximum Gasteiger partial charge on any atom is 0.249 e. The molecule has 0 unspecified atom stereocenters. The van der Waals surface area contributed by atoms with E-state index < -0.39 is 0 Å². The van der Waals surface area contributed by atoms with Gasteiger partial charge in [0.15, 0.2) is 0 Å². The Morgan fingerprint density at radius 1 is 1.35 bits per heavy atom. The molecule has 6 heteroatoms. The lowest BCUT2D eigenvalue weighted by Gasteiger charge is -2.05. The van der Waals surface area contributed by atoms with Crippen LogP contribution in [-0.2, 0) is 6.42 Å². The van der Waals surface area contributed by atoms with Crippen molar-refractivity contribution in [1.82, 2.24) is 15.5 Å². The normalized spacial score (nSPS) is 11.2. The van der Waals surface area contributed by atoms with Gasteiger partial charge in [0.2, 0.25) is 11.8 Å². The van der Waals surface area contributed by atoms with E-state index in [2.05, 4.69) is 45.3 Å². The maximum atomic E-state index is 6.21. The van der Waals surface area contributed by atoms with Crippen molar-refractivity contribution in [3.63, 3.8) is 0 Å². The summed E-state index contributed by atoms with van der Waals surface area (Å²) < 4.78 is 6.47. The molecule has 2 aromatic rings. The van der Waals surface area contributed by atoms with E-state index in [-0.39, 0.29) is 0 Å². The van der Waals surface area contributed by atoms with Gasteiger partial charge in [-0.15, -0.1) is 10.2 Å². The highest BCUT2D eigenvalue weighted by molar-refractivity contribution is 9.10. The Balaban J connectivity index is 2.00. The van der Waals surface area contributed by atoms with E-state index >= 15 is 0 Å². The molecule has 0 saturated carbocycles. The van der Waals surface area contributed by atoms with Gasteiger partial charge >= 0.3 is 0 Å². The van der Waals surface area contributed by atoms with Crippen LogP contribution < -0.4 is 5.32 Å². The number of hydrogen-bond donors (Lipinski definition) is 1. The fourth-order valence-corrected chi connectivity index (χ4v) is 2.34. The zero-order valence-electron chi connectivity index (χ0n) is 11.5. The number of rotatable bonds is 6. The molecule has 0 fully saturated rings. The highest BCUT2D eigenvalue weighted by Crippen LogP contribution is 2.32. The lowest BCUT2D eigenvalue weighted by molar-refractivity contribution is 0.484. The molecule has 0 spiro atoms. The van der Waals surface area contributed by atoms with Gasteiger partial charge in [-0.25, -0.2) is 0 Å². The van der Waals surface area contributed by atoms with Crippen molar-refractivity contribution in [3.05, 3.63) is 33.6 Å². The van der Waals surface area contributed by atoms with E-state index in [1.807, 2.05) is 18.2 Å². The number of hydrogen-bond acceptors (Lipinski definition) is 4. The van der Waals surface area contributed by atoms with Gasteiger partial charge in [-0.05, 0) is 41.0 Å². The van der Waals surface area contributed by atoms with Gasteiger partial charge in [0.1, 0.15) is 0 Å². The molecule has 0 radical (unpaired) electrons. The van der Waals surface area contributed by atoms with E-state index in [0.29, 0.717) is 22.8 Å². The van der Waals surface area contributed by atoms with Crippen molar-refractivity contribution >= 4 is 27.5 Å². The standard InChI is InChI=1S/C14H17BrClN3O/c1-9(2)17-8-4-7-12-18-19-14(20-12)10-5-3-6-11(15)13(10)16/h3,5-6,9,17H,4,7-8H2,1-2H3. The third-order valence-electron chi connectivity index (χ3n) is 2.77. The van der Waals surface area contributed by atoms with Crippen LogP contribution in [0.1, 0.15) is 26.2 Å². The first kappa shape index (κ1) is 15.5. The number of halogens is 2. The van der Waals surface area contributed by atoms with E-state index in [4.69, 9.17) is 16.0 Å². The van der Waals surface area contributed by atoms with Crippen LogP contribution >= 0.6 is 27.5 Å². The minimum absolute atomic E-state index is 0.461. The summed E-state index contributed by atoms with van der Waals surface area (Å²) in [7, 11) is 0. The summed E-state index contributed by atoms with van der Waals surface area (Å²) in [6.45, 7) is 5.19. The second kappa shape index (κ2) is 7.20. The second-order valence-corrected chi connectivity index (χ2v) is 6.05. The van der Waals surface area contributed by atoms with Gasteiger partial charge < -0.3 is 9.73 Å². The predicted molar refractivity (Wildman–Crippen MR) is 83.9 cm³/mol. The third-order valence-corrected chi connectivity index (χ3v) is 4.07. The van der Waals surface area contributed by atoms with E-state index in [0.717, 1.165) is 29.4 Å². The lowest BCUT2D eigenvalue weighted by atomic mass is 10.2. The molecule has 2 rings (SSSR count). The van der Waals surface area contributed by atoms with E-state index in [1.165, 1.54) is 0 Å². The highest BCUT2D eigenvalue weighted by Gasteiger charge is 2.13. The van der Waals surface area contributed by atoms with Crippen molar-refractivity contribution in [2.24, 2.45) is 0 Å². The van der Waals surface area contributed by atoms with Crippen molar-refractivity contribution < 1.29 is 4.42 Å². The Hall–Kier alpha value is -0.910. The van der Waals surface area contributed by atoms with Crippen molar-refractivity contribution in [1.29, 1.82) is 0 Å². The van der Waals surface area contributed by atoms with E-state index in [1.54, 1.807) is 0 Å². The highest BCUT2D eigenvalue weighted by atomic mass is 79.9. The lowest BCUT2D eigenvalue weighted by Crippen LogP contribution is -2.23. The van der Waals surface area contributed by atoms with Crippen molar-refractivity contribution in [2.75, 3.05) is 6.54 Å². The Morgan fingerprint density at radius 3 is 2.90 bits per heavy atom. The molecule has 0 aliphatic rings. The van der Waals surface area contributed by atoms with Crippen LogP contribution in [0.3, 0.4) is 0 Å². The number of nitrogens with one attached hydrogen (secondary N) is 1. The number of aryl methyl sites for hydroxylation is 1. The Kier molecular flexibility index (Phi) is 5.57. The fraction of sp³-hybridized carbons (Fsp3) is 0.429. The molecule has 0 bridgehead atoms. The summed E-state index contributed by atoms with van der Waals surface area (Å²) >= 11 is 9.60. The molecule has 20 heavy (non-hydrogen) atoms. The third kappa shape index (κ3) is 4.04. The van der Waals surface area contributed by atoms with Gasteiger partial charge in [-0.3, -0.25) is 0 Å². The van der Waals surface area contributed by atoms with Crippen LogP contribution in [0.25, 0.3) is 11.5 Å². The first-order valence-electron chi connectivity index (χ1n) is 6.58. The molecule has 4 nitrogen and oxygen atoms in total. The molecular weight excluding hydrogens is 342 g/mol. The number of nitrogens with zero attached hydrogens (tertiary/aromatic N) is 2. The molecule has 0 amide bonds. The van der Waals surface area contributed by atoms with Crippen LogP contribution in [0, 0.1) is 0 Å².